The number of H-pyrrole nitrogens is 1. The van der Waals surface area contributed by atoms with Crippen molar-refractivity contribution in [2.45, 2.75) is 39.2 Å². The van der Waals surface area contributed by atoms with E-state index in [1.807, 2.05) is 0 Å². The molecule has 2 nitrogen and oxygen atoms in total. The van der Waals surface area contributed by atoms with Crippen LogP contribution in [-0.4, -0.2) is 23.0 Å². The molecule has 1 aliphatic rings. The molecular weight excluding hydrogens is 376 g/mol. The van der Waals surface area contributed by atoms with Crippen molar-refractivity contribution >= 4 is 10.9 Å². The van der Waals surface area contributed by atoms with Crippen LogP contribution in [0.25, 0.3) is 10.9 Å². The fourth-order valence-electron chi connectivity index (χ4n) is 5.32. The van der Waals surface area contributed by atoms with Crippen LogP contribution in [0.4, 0.5) is 0 Å². The summed E-state index contributed by atoms with van der Waals surface area (Å²) in [6, 6.07) is 29.2. The Kier molecular flexibility index (Phi) is 5.65. The third-order valence-corrected chi connectivity index (χ3v) is 6.99. The van der Waals surface area contributed by atoms with Gasteiger partial charge in [-0.05, 0) is 69.3 Å². The minimum Gasteiger partial charge on any atom is -0.358 e. The number of benzene rings is 3. The zero-order valence-corrected chi connectivity index (χ0v) is 18.6. The number of hydrogen-bond acceptors (Lipinski definition) is 1. The van der Waals surface area contributed by atoms with Gasteiger partial charge in [-0.15, -0.1) is 0 Å². The van der Waals surface area contributed by atoms with Gasteiger partial charge in [-0.25, -0.2) is 0 Å². The molecule has 1 N–H and O–H groups in total. The van der Waals surface area contributed by atoms with Gasteiger partial charge in [-0.3, -0.25) is 4.90 Å². The topological polar surface area (TPSA) is 19.0 Å². The first-order chi connectivity index (χ1) is 15.2. The second-order valence-electron chi connectivity index (χ2n) is 9.19. The summed E-state index contributed by atoms with van der Waals surface area (Å²) in [5, 5.41) is 1.36. The average Bonchev–Trinajstić information content (AvgIpc) is 3.13. The maximum Gasteiger partial charge on any atom is 0.0625 e. The molecule has 1 unspecified atom stereocenters. The van der Waals surface area contributed by atoms with Gasteiger partial charge in [0.1, 0.15) is 0 Å². The third-order valence-electron chi connectivity index (χ3n) is 6.99. The maximum atomic E-state index is 3.64. The number of aryl methyl sites for hydroxylation is 2. The Hall–Kier alpha value is -2.84. The number of piperidine rings is 1. The zero-order chi connectivity index (χ0) is 21.2. The summed E-state index contributed by atoms with van der Waals surface area (Å²) in [6.45, 7) is 6.70. The first kappa shape index (κ1) is 20.1. The molecule has 0 amide bonds. The number of nitrogens with one attached hydrogen (secondary N) is 1. The van der Waals surface area contributed by atoms with E-state index in [1.54, 1.807) is 0 Å². The van der Waals surface area contributed by atoms with Crippen LogP contribution in [0.2, 0.25) is 0 Å². The van der Waals surface area contributed by atoms with Crippen molar-refractivity contribution in [2.75, 3.05) is 13.1 Å². The molecule has 1 saturated heterocycles. The summed E-state index contributed by atoms with van der Waals surface area (Å²) in [5.74, 6) is 0.779. The molecule has 1 atom stereocenters. The minimum absolute atomic E-state index is 0.300. The fraction of sp³-hybridized carbons (Fsp3) is 0.310. The van der Waals surface area contributed by atoms with E-state index in [0.29, 0.717) is 6.04 Å². The van der Waals surface area contributed by atoms with Gasteiger partial charge < -0.3 is 4.98 Å². The molecule has 0 saturated carbocycles. The number of likely N-dealkylation sites (tertiary alicyclic amines) is 1. The first-order valence-electron chi connectivity index (χ1n) is 11.6. The number of aromatic amines is 1. The van der Waals surface area contributed by atoms with E-state index in [1.165, 1.54) is 58.1 Å². The molecular formula is C29H32N2. The third kappa shape index (κ3) is 4.18. The molecule has 0 radical (unpaired) electrons. The van der Waals surface area contributed by atoms with Gasteiger partial charge in [0.25, 0.3) is 0 Å². The van der Waals surface area contributed by atoms with Crippen LogP contribution in [0, 0.1) is 19.8 Å². The molecule has 1 aliphatic heterocycles. The predicted molar refractivity (Wildman–Crippen MR) is 131 cm³/mol. The lowest BCUT2D eigenvalue weighted by Crippen LogP contribution is -2.38. The van der Waals surface area contributed by atoms with E-state index in [9.17, 15) is 0 Å². The van der Waals surface area contributed by atoms with Crippen LogP contribution in [0.1, 0.15) is 46.8 Å². The van der Waals surface area contributed by atoms with Crippen molar-refractivity contribution < 1.29 is 0 Å². The zero-order valence-electron chi connectivity index (χ0n) is 18.6. The molecule has 0 bridgehead atoms. The molecule has 158 valence electrons. The Balaban J connectivity index is 1.44. The number of rotatable bonds is 5. The second kappa shape index (κ2) is 8.72. The standard InChI is InChI=1S/C29H32N2/c1-21-12-14-25(15-13-21)29(28-22(2)30-27-11-7-6-10-26(27)28)31-18-16-24(17-19-31)20-23-8-4-3-5-9-23/h3-15,24,29-30H,16-20H2,1-2H3. The minimum atomic E-state index is 0.300. The lowest BCUT2D eigenvalue weighted by molar-refractivity contribution is 0.151. The summed E-state index contributed by atoms with van der Waals surface area (Å²) in [5.41, 5.74) is 8.17. The molecule has 1 aromatic heterocycles. The SMILES string of the molecule is Cc1ccc(C(c2c(C)[nH]c3ccccc23)N2CCC(Cc3ccccc3)CC2)cc1. The molecule has 3 aromatic carbocycles. The van der Waals surface area contributed by atoms with Crippen LogP contribution in [0.15, 0.2) is 78.9 Å². The van der Waals surface area contributed by atoms with E-state index in [4.69, 9.17) is 0 Å². The molecule has 0 aliphatic carbocycles. The van der Waals surface area contributed by atoms with Crippen LogP contribution in [-0.2, 0) is 6.42 Å². The Morgan fingerprint density at radius 2 is 1.52 bits per heavy atom. The highest BCUT2D eigenvalue weighted by atomic mass is 15.2. The molecule has 1 fully saturated rings. The number of aromatic nitrogens is 1. The molecule has 5 rings (SSSR count). The highest BCUT2D eigenvalue weighted by molar-refractivity contribution is 5.85. The normalized spacial score (nSPS) is 16.6. The van der Waals surface area contributed by atoms with Crippen molar-refractivity contribution in [1.29, 1.82) is 0 Å². The van der Waals surface area contributed by atoms with Gasteiger partial charge in [-0.2, -0.15) is 0 Å². The van der Waals surface area contributed by atoms with Crippen molar-refractivity contribution in [3.63, 3.8) is 0 Å². The molecule has 4 aromatic rings. The van der Waals surface area contributed by atoms with Gasteiger partial charge >= 0.3 is 0 Å². The predicted octanol–water partition coefficient (Wildman–Crippen LogP) is 6.83. The van der Waals surface area contributed by atoms with Gasteiger partial charge in [0.2, 0.25) is 0 Å². The van der Waals surface area contributed by atoms with Gasteiger partial charge in [0.15, 0.2) is 0 Å². The number of nitrogens with zero attached hydrogens (tertiary/aromatic N) is 1. The second-order valence-corrected chi connectivity index (χ2v) is 9.19. The summed E-state index contributed by atoms with van der Waals surface area (Å²) in [7, 11) is 0. The summed E-state index contributed by atoms with van der Waals surface area (Å²) >= 11 is 0. The van der Waals surface area contributed by atoms with Crippen molar-refractivity contribution in [3.8, 4) is 0 Å². The van der Waals surface area contributed by atoms with Crippen LogP contribution < -0.4 is 0 Å². The summed E-state index contributed by atoms with van der Waals surface area (Å²) in [6.07, 6.45) is 3.73. The highest BCUT2D eigenvalue weighted by Gasteiger charge is 2.30. The lowest BCUT2D eigenvalue weighted by Gasteiger charge is -2.38. The maximum absolute atomic E-state index is 3.64. The molecule has 31 heavy (non-hydrogen) atoms. The first-order valence-corrected chi connectivity index (χ1v) is 11.6. The van der Waals surface area contributed by atoms with Crippen molar-refractivity contribution in [1.82, 2.24) is 9.88 Å². The monoisotopic (exact) mass is 408 g/mol. The number of fused-ring (bicyclic) bond motifs is 1. The Labute approximate surface area is 185 Å². The van der Waals surface area contributed by atoms with Crippen LogP contribution >= 0.6 is 0 Å². The Bertz CT molecular complexity index is 1130. The van der Waals surface area contributed by atoms with E-state index in [0.717, 1.165) is 19.0 Å². The quantitative estimate of drug-likeness (QED) is 0.383. The van der Waals surface area contributed by atoms with Gasteiger partial charge in [-0.1, -0.05) is 78.4 Å². The lowest BCUT2D eigenvalue weighted by atomic mass is 9.87. The smallest absolute Gasteiger partial charge is 0.0625 e. The van der Waals surface area contributed by atoms with Crippen LogP contribution in [0.3, 0.4) is 0 Å². The average molecular weight is 409 g/mol. The summed E-state index contributed by atoms with van der Waals surface area (Å²) in [4.78, 5) is 6.36. The van der Waals surface area contributed by atoms with Crippen LogP contribution in [0.5, 0.6) is 0 Å². The summed E-state index contributed by atoms with van der Waals surface area (Å²) < 4.78 is 0. The van der Waals surface area contributed by atoms with Crippen molar-refractivity contribution in [2.24, 2.45) is 5.92 Å². The molecule has 2 heteroatoms. The van der Waals surface area contributed by atoms with Gasteiger partial charge in [0.05, 0.1) is 6.04 Å². The van der Waals surface area contributed by atoms with E-state index in [-0.39, 0.29) is 0 Å². The Morgan fingerprint density at radius 3 is 2.26 bits per heavy atom. The Morgan fingerprint density at radius 1 is 0.839 bits per heavy atom. The number of hydrogen-bond donors (Lipinski definition) is 1. The molecule has 0 spiro atoms. The highest BCUT2D eigenvalue weighted by Crippen LogP contribution is 2.38. The fourth-order valence-corrected chi connectivity index (χ4v) is 5.32. The van der Waals surface area contributed by atoms with E-state index < -0.39 is 0 Å². The van der Waals surface area contributed by atoms with Crippen molar-refractivity contribution in [3.05, 3.63) is 107 Å². The van der Waals surface area contributed by atoms with E-state index in [2.05, 4.69) is 103 Å². The largest absolute Gasteiger partial charge is 0.358 e. The van der Waals surface area contributed by atoms with E-state index >= 15 is 0 Å². The van der Waals surface area contributed by atoms with Gasteiger partial charge in [0, 0.05) is 22.2 Å². The number of para-hydroxylation sites is 1. The molecule has 2 heterocycles.